The van der Waals surface area contributed by atoms with E-state index >= 15 is 0 Å². The highest BCUT2D eigenvalue weighted by Crippen LogP contribution is 2.50. The molecule has 33 heavy (non-hydrogen) atoms. The average Bonchev–Trinajstić information content (AvgIpc) is 3.57. The Morgan fingerprint density at radius 3 is 2.73 bits per heavy atom. The third-order valence-electron chi connectivity index (χ3n) is 6.86. The minimum absolute atomic E-state index is 0.000982. The fourth-order valence-corrected chi connectivity index (χ4v) is 4.74. The van der Waals surface area contributed by atoms with Crippen molar-refractivity contribution in [1.29, 1.82) is 0 Å². The van der Waals surface area contributed by atoms with E-state index in [1.165, 1.54) is 0 Å². The molecule has 0 saturated heterocycles. The molecule has 4 heterocycles. The van der Waals surface area contributed by atoms with Crippen LogP contribution in [0.15, 0.2) is 41.5 Å². The predicted octanol–water partition coefficient (Wildman–Crippen LogP) is 2.91. The van der Waals surface area contributed by atoms with Crippen LogP contribution in [0.2, 0.25) is 0 Å². The van der Waals surface area contributed by atoms with Gasteiger partial charge in [-0.2, -0.15) is 0 Å². The third-order valence-corrected chi connectivity index (χ3v) is 6.86. The summed E-state index contributed by atoms with van der Waals surface area (Å²) < 4.78 is 15.8. The molecule has 0 amide bonds. The Bertz CT molecular complexity index is 1430. The first-order valence-electron chi connectivity index (χ1n) is 11.3. The van der Waals surface area contributed by atoms with E-state index in [4.69, 9.17) is 9.47 Å². The Labute approximate surface area is 191 Å². The average molecular weight is 446 g/mol. The summed E-state index contributed by atoms with van der Waals surface area (Å²) in [5, 5.41) is 0.905. The Morgan fingerprint density at radius 1 is 1.15 bits per heavy atom. The summed E-state index contributed by atoms with van der Waals surface area (Å²) in [4.78, 5) is 24.5. The topological polar surface area (TPSA) is 74.4 Å². The van der Waals surface area contributed by atoms with E-state index in [1.54, 1.807) is 10.8 Å². The monoisotopic (exact) mass is 445 g/mol. The normalized spacial score (nSPS) is 16.1. The molecular weight excluding hydrogens is 418 g/mol. The second-order valence-corrected chi connectivity index (χ2v) is 9.41. The third kappa shape index (κ3) is 3.16. The first-order chi connectivity index (χ1) is 16.0. The van der Waals surface area contributed by atoms with Crippen molar-refractivity contribution in [2.45, 2.75) is 25.0 Å². The first-order valence-corrected chi connectivity index (χ1v) is 11.3. The summed E-state index contributed by atoms with van der Waals surface area (Å²) in [7, 11) is 5.87. The van der Waals surface area contributed by atoms with Crippen molar-refractivity contribution in [2.24, 2.45) is 7.05 Å². The molecule has 1 saturated carbocycles. The number of imidazole rings is 1. The lowest BCUT2D eigenvalue weighted by molar-refractivity contribution is 0.103. The number of rotatable bonds is 6. The van der Waals surface area contributed by atoms with Crippen LogP contribution in [0.4, 0.5) is 0 Å². The molecule has 1 spiro atoms. The number of aromatic nitrogens is 4. The van der Waals surface area contributed by atoms with E-state index in [9.17, 15) is 4.79 Å². The Morgan fingerprint density at radius 2 is 2.00 bits per heavy atom. The number of ether oxygens (including phenoxy) is 2. The number of fused-ring (bicyclic) bond motifs is 1. The van der Waals surface area contributed by atoms with E-state index in [0.717, 1.165) is 63.9 Å². The van der Waals surface area contributed by atoms with Crippen molar-refractivity contribution in [3.05, 3.63) is 52.8 Å². The minimum atomic E-state index is -0.257. The van der Waals surface area contributed by atoms with Crippen molar-refractivity contribution in [2.75, 3.05) is 33.9 Å². The second-order valence-electron chi connectivity index (χ2n) is 9.41. The van der Waals surface area contributed by atoms with Crippen molar-refractivity contribution >= 4 is 21.9 Å². The van der Waals surface area contributed by atoms with Crippen LogP contribution in [0.25, 0.3) is 33.1 Å². The van der Waals surface area contributed by atoms with Crippen molar-refractivity contribution < 1.29 is 9.47 Å². The molecule has 0 atom stereocenters. The van der Waals surface area contributed by atoms with Crippen LogP contribution in [-0.4, -0.2) is 57.9 Å². The van der Waals surface area contributed by atoms with Gasteiger partial charge in [0, 0.05) is 30.9 Å². The van der Waals surface area contributed by atoms with Gasteiger partial charge in [0.2, 0.25) is 0 Å². The zero-order valence-electron chi connectivity index (χ0n) is 19.2. The van der Waals surface area contributed by atoms with Gasteiger partial charge in [-0.1, -0.05) is 6.07 Å². The predicted molar refractivity (Wildman–Crippen MR) is 127 cm³/mol. The summed E-state index contributed by atoms with van der Waals surface area (Å²) in [6.45, 7) is 2.52. The van der Waals surface area contributed by atoms with Gasteiger partial charge >= 0.3 is 5.69 Å². The lowest BCUT2D eigenvalue weighted by Crippen LogP contribution is -2.34. The van der Waals surface area contributed by atoms with E-state index < -0.39 is 0 Å². The maximum Gasteiger partial charge on any atom is 0.329 e. The van der Waals surface area contributed by atoms with Crippen LogP contribution < -0.4 is 10.4 Å². The smallest absolute Gasteiger partial charge is 0.329 e. The molecule has 0 radical (unpaired) electrons. The number of hydrogen-bond donors (Lipinski definition) is 0. The molecule has 8 heteroatoms. The molecule has 0 unspecified atom stereocenters. The van der Waals surface area contributed by atoms with Crippen LogP contribution in [0.1, 0.15) is 18.5 Å². The fraction of sp³-hybridized carbons (Fsp3) is 0.400. The molecule has 3 aromatic heterocycles. The summed E-state index contributed by atoms with van der Waals surface area (Å²) in [5.41, 5.74) is 5.17. The van der Waals surface area contributed by atoms with Crippen LogP contribution in [0.3, 0.4) is 0 Å². The number of hydrogen-bond acceptors (Lipinski definition) is 6. The number of likely N-dealkylation sites (N-methyl/N-ethyl adjacent to an activating group) is 1. The number of aryl methyl sites for hydroxylation is 1. The van der Waals surface area contributed by atoms with Crippen LogP contribution in [-0.2, 0) is 23.9 Å². The van der Waals surface area contributed by atoms with Crippen LogP contribution in [0, 0.1) is 0 Å². The SMILES string of the molecule is CN(C)CCOCc1ccc(-c2ccc3ncc4c5c3c2OCC2(CC2)n5c(=O)n4C)cn1. The summed E-state index contributed by atoms with van der Waals surface area (Å²) in [5.74, 6) is 0.783. The largest absolute Gasteiger partial charge is 0.490 e. The highest BCUT2D eigenvalue weighted by atomic mass is 16.5. The zero-order chi connectivity index (χ0) is 22.7. The Kier molecular flexibility index (Phi) is 4.57. The second kappa shape index (κ2) is 7.40. The van der Waals surface area contributed by atoms with E-state index in [2.05, 4.69) is 20.9 Å². The molecule has 2 aliphatic rings. The molecule has 1 aliphatic heterocycles. The van der Waals surface area contributed by atoms with Gasteiger partial charge in [0.15, 0.2) is 0 Å². The molecule has 4 aromatic rings. The molecule has 1 aromatic carbocycles. The summed E-state index contributed by atoms with van der Waals surface area (Å²) >= 11 is 0. The lowest BCUT2D eigenvalue weighted by atomic mass is 10.0. The quantitative estimate of drug-likeness (QED) is 0.425. The van der Waals surface area contributed by atoms with Crippen molar-refractivity contribution in [3.8, 4) is 16.9 Å². The van der Waals surface area contributed by atoms with E-state index in [0.29, 0.717) is 19.8 Å². The minimum Gasteiger partial charge on any atom is -0.490 e. The highest BCUT2D eigenvalue weighted by molar-refractivity contribution is 6.09. The molecule has 1 aliphatic carbocycles. The van der Waals surface area contributed by atoms with Gasteiger partial charge in [0.05, 0.1) is 52.6 Å². The summed E-state index contributed by atoms with van der Waals surface area (Å²) in [6, 6.07) is 8.10. The van der Waals surface area contributed by atoms with Gasteiger partial charge in [-0.3, -0.25) is 19.1 Å². The van der Waals surface area contributed by atoms with Crippen molar-refractivity contribution in [3.63, 3.8) is 0 Å². The van der Waals surface area contributed by atoms with Gasteiger partial charge in [0.1, 0.15) is 12.4 Å². The van der Waals surface area contributed by atoms with Gasteiger partial charge in [0.25, 0.3) is 0 Å². The lowest BCUT2D eigenvalue weighted by Gasteiger charge is -2.16. The molecule has 0 N–H and O–H groups in total. The van der Waals surface area contributed by atoms with Gasteiger partial charge < -0.3 is 14.4 Å². The zero-order valence-corrected chi connectivity index (χ0v) is 19.2. The maximum absolute atomic E-state index is 13.2. The standard InChI is InChI=1S/C25H27N5O3/c1-28(2)10-11-32-14-17-5-4-16(12-26-17)18-6-7-19-21-22-20(13-27-19)29(3)24(31)30(22)25(8-9-25)15-33-23(18)21/h4-7,12-13H,8-11,14-15H2,1-3H3. The maximum atomic E-state index is 13.2. The van der Waals surface area contributed by atoms with Crippen molar-refractivity contribution in [1.82, 2.24) is 24.0 Å². The van der Waals surface area contributed by atoms with Gasteiger partial charge in [-0.05, 0) is 45.1 Å². The summed E-state index contributed by atoms with van der Waals surface area (Å²) in [6.07, 6.45) is 5.56. The van der Waals surface area contributed by atoms with E-state index in [1.807, 2.05) is 50.1 Å². The first kappa shape index (κ1) is 20.4. The molecule has 8 nitrogen and oxygen atoms in total. The molecule has 170 valence electrons. The fourth-order valence-electron chi connectivity index (χ4n) is 4.74. The van der Waals surface area contributed by atoms with Crippen LogP contribution in [0.5, 0.6) is 5.75 Å². The van der Waals surface area contributed by atoms with Crippen LogP contribution >= 0.6 is 0 Å². The number of benzene rings is 1. The van der Waals surface area contributed by atoms with Gasteiger partial charge in [-0.25, -0.2) is 4.79 Å². The number of nitrogens with zero attached hydrogens (tertiary/aromatic N) is 5. The molecule has 0 bridgehead atoms. The number of pyridine rings is 2. The molecule has 1 fully saturated rings. The highest BCUT2D eigenvalue weighted by Gasteiger charge is 2.49. The Balaban J connectivity index is 1.43. The van der Waals surface area contributed by atoms with E-state index in [-0.39, 0.29) is 11.2 Å². The van der Waals surface area contributed by atoms with Gasteiger partial charge in [-0.15, -0.1) is 0 Å². The molecular formula is C25H27N5O3. The molecule has 6 rings (SSSR count). The Hall–Kier alpha value is -3.23.